The number of rotatable bonds is 5. The molecule has 0 unspecified atom stereocenters. The summed E-state index contributed by atoms with van der Waals surface area (Å²) >= 11 is 0. The summed E-state index contributed by atoms with van der Waals surface area (Å²) < 4.78 is 4.96. The van der Waals surface area contributed by atoms with E-state index in [1.807, 2.05) is 0 Å². The van der Waals surface area contributed by atoms with Crippen LogP contribution in [0.4, 0.5) is 4.79 Å². The number of piperazine rings is 1. The highest BCUT2D eigenvalue weighted by Gasteiger charge is 2.34. The number of ether oxygens (including phenoxy) is 1. The van der Waals surface area contributed by atoms with E-state index in [4.69, 9.17) is 10.00 Å². The summed E-state index contributed by atoms with van der Waals surface area (Å²) in [6, 6.07) is 1.27. The van der Waals surface area contributed by atoms with Crippen molar-refractivity contribution in [2.75, 3.05) is 39.3 Å². The van der Waals surface area contributed by atoms with Crippen molar-refractivity contribution in [2.24, 2.45) is 0 Å². The minimum absolute atomic E-state index is 0.0341. The normalized spacial score (nSPS) is 21.3. The minimum atomic E-state index is -0.520. The van der Waals surface area contributed by atoms with E-state index in [0.717, 1.165) is 6.42 Å². The lowest BCUT2D eigenvalue weighted by molar-refractivity contribution is -0.407. The SMILES string of the molecule is CCOC(=O)N1CCN(C(=O)CC[C@H]([NH3+])C(=O)N2CCC[C@H]2C#N)CC1. The molecule has 0 saturated carbocycles. The Morgan fingerprint density at radius 1 is 1.19 bits per heavy atom. The number of nitrogens with zero attached hydrogens (tertiary/aromatic N) is 4. The van der Waals surface area contributed by atoms with Crippen molar-refractivity contribution in [3.05, 3.63) is 0 Å². The van der Waals surface area contributed by atoms with Gasteiger partial charge in [-0.1, -0.05) is 0 Å². The average molecular weight is 366 g/mol. The number of carbonyl (C=O) groups excluding carboxylic acids is 3. The topological polar surface area (TPSA) is 122 Å². The third-order valence-corrected chi connectivity index (χ3v) is 4.90. The van der Waals surface area contributed by atoms with Gasteiger partial charge in [-0.15, -0.1) is 0 Å². The first-order valence-electron chi connectivity index (χ1n) is 9.20. The van der Waals surface area contributed by atoms with Gasteiger partial charge in [0.25, 0.3) is 5.91 Å². The molecule has 0 aromatic carbocycles. The maximum absolute atomic E-state index is 12.4. The molecular weight excluding hydrogens is 338 g/mol. The lowest BCUT2D eigenvalue weighted by atomic mass is 10.1. The quantitative estimate of drug-likeness (QED) is 0.682. The molecule has 2 aliphatic rings. The summed E-state index contributed by atoms with van der Waals surface area (Å²) in [4.78, 5) is 41.3. The van der Waals surface area contributed by atoms with Crippen LogP contribution >= 0.6 is 0 Å². The Hall–Kier alpha value is -2.34. The summed E-state index contributed by atoms with van der Waals surface area (Å²) in [6.07, 6.45) is 1.80. The van der Waals surface area contributed by atoms with Crippen LogP contribution in [0.25, 0.3) is 0 Å². The Morgan fingerprint density at radius 2 is 1.85 bits per heavy atom. The van der Waals surface area contributed by atoms with Crippen molar-refractivity contribution in [3.8, 4) is 6.07 Å². The van der Waals surface area contributed by atoms with Gasteiger partial charge < -0.3 is 25.2 Å². The molecule has 144 valence electrons. The van der Waals surface area contributed by atoms with Gasteiger partial charge in [0.05, 0.1) is 12.7 Å². The zero-order valence-corrected chi connectivity index (χ0v) is 15.4. The molecule has 9 nitrogen and oxygen atoms in total. The second-order valence-corrected chi connectivity index (χ2v) is 6.62. The third-order valence-electron chi connectivity index (χ3n) is 4.90. The number of carbonyl (C=O) groups is 3. The summed E-state index contributed by atoms with van der Waals surface area (Å²) in [5, 5.41) is 9.09. The molecule has 2 fully saturated rings. The molecule has 0 bridgehead atoms. The summed E-state index contributed by atoms with van der Waals surface area (Å²) in [5.41, 5.74) is 3.88. The van der Waals surface area contributed by atoms with Crippen LogP contribution in [0.5, 0.6) is 0 Å². The Kier molecular flexibility index (Phi) is 7.21. The van der Waals surface area contributed by atoms with E-state index < -0.39 is 6.04 Å². The van der Waals surface area contributed by atoms with Crippen molar-refractivity contribution in [1.82, 2.24) is 14.7 Å². The standard InChI is InChI=1S/C17H27N5O4/c1-2-26-17(25)21-10-8-20(9-11-21)15(23)6-5-14(19)16(24)22-7-3-4-13(22)12-18/h13-14H,2-11,19H2,1H3/p+1/t13-,14-/m0/s1. The fourth-order valence-electron chi connectivity index (χ4n) is 3.33. The van der Waals surface area contributed by atoms with E-state index in [0.29, 0.717) is 52.2 Å². The van der Waals surface area contributed by atoms with Crippen LogP contribution in [0.2, 0.25) is 0 Å². The second kappa shape index (κ2) is 9.38. The Labute approximate surface area is 153 Å². The minimum Gasteiger partial charge on any atom is -0.450 e. The molecule has 0 aromatic heterocycles. The summed E-state index contributed by atoms with van der Waals surface area (Å²) in [6.45, 7) is 4.53. The van der Waals surface area contributed by atoms with Gasteiger partial charge in [-0.3, -0.25) is 9.59 Å². The van der Waals surface area contributed by atoms with E-state index >= 15 is 0 Å². The van der Waals surface area contributed by atoms with Gasteiger partial charge >= 0.3 is 6.09 Å². The number of nitriles is 1. The highest BCUT2D eigenvalue weighted by Crippen LogP contribution is 2.18. The zero-order valence-electron chi connectivity index (χ0n) is 15.4. The van der Waals surface area contributed by atoms with Crippen LogP contribution < -0.4 is 5.73 Å². The van der Waals surface area contributed by atoms with Crippen molar-refractivity contribution in [1.29, 1.82) is 5.26 Å². The fraction of sp³-hybridized carbons (Fsp3) is 0.765. The fourth-order valence-corrected chi connectivity index (χ4v) is 3.33. The van der Waals surface area contributed by atoms with Gasteiger partial charge in [0, 0.05) is 45.6 Å². The summed E-state index contributed by atoms with van der Waals surface area (Å²) in [5.74, 6) is -0.179. The molecule has 2 saturated heterocycles. The average Bonchev–Trinajstić information content (AvgIpc) is 3.14. The van der Waals surface area contributed by atoms with Gasteiger partial charge in [0.2, 0.25) is 5.91 Å². The predicted molar refractivity (Wildman–Crippen MR) is 91.4 cm³/mol. The molecular formula is C17H28N5O4+. The van der Waals surface area contributed by atoms with Gasteiger partial charge in [0.1, 0.15) is 6.04 Å². The smallest absolute Gasteiger partial charge is 0.409 e. The van der Waals surface area contributed by atoms with Crippen molar-refractivity contribution < 1.29 is 24.9 Å². The Bertz CT molecular complexity index is 568. The van der Waals surface area contributed by atoms with Crippen LogP contribution in [-0.2, 0) is 14.3 Å². The zero-order chi connectivity index (χ0) is 19.1. The van der Waals surface area contributed by atoms with Crippen LogP contribution in [0, 0.1) is 11.3 Å². The van der Waals surface area contributed by atoms with Crippen LogP contribution in [0.3, 0.4) is 0 Å². The lowest BCUT2D eigenvalue weighted by Gasteiger charge is -2.34. The van der Waals surface area contributed by atoms with Crippen molar-refractivity contribution >= 4 is 17.9 Å². The highest BCUT2D eigenvalue weighted by atomic mass is 16.6. The molecule has 2 rings (SSSR count). The molecule has 9 heteroatoms. The number of amides is 3. The second-order valence-electron chi connectivity index (χ2n) is 6.62. The van der Waals surface area contributed by atoms with E-state index in [1.54, 1.807) is 21.6 Å². The number of hydrogen-bond acceptors (Lipinski definition) is 5. The monoisotopic (exact) mass is 366 g/mol. The van der Waals surface area contributed by atoms with Crippen molar-refractivity contribution in [2.45, 2.75) is 44.7 Å². The number of likely N-dealkylation sites (tertiary alicyclic amines) is 1. The molecule has 2 atom stereocenters. The van der Waals surface area contributed by atoms with E-state index in [9.17, 15) is 14.4 Å². The highest BCUT2D eigenvalue weighted by molar-refractivity contribution is 5.83. The first-order chi connectivity index (χ1) is 12.5. The number of quaternary nitrogens is 1. The maximum Gasteiger partial charge on any atom is 0.409 e. The van der Waals surface area contributed by atoms with Crippen molar-refractivity contribution in [3.63, 3.8) is 0 Å². The van der Waals surface area contributed by atoms with Crippen LogP contribution in [0.1, 0.15) is 32.6 Å². The predicted octanol–water partition coefficient (Wildman–Crippen LogP) is -0.808. The van der Waals surface area contributed by atoms with E-state index in [1.165, 1.54) is 0 Å². The molecule has 3 N–H and O–H groups in total. The maximum atomic E-state index is 12.4. The van der Waals surface area contributed by atoms with E-state index in [-0.39, 0.29) is 30.4 Å². The first-order valence-corrected chi connectivity index (χ1v) is 9.20. The number of hydrogen-bond donors (Lipinski definition) is 1. The largest absolute Gasteiger partial charge is 0.450 e. The molecule has 0 radical (unpaired) electrons. The van der Waals surface area contributed by atoms with Gasteiger partial charge in [-0.05, 0) is 19.8 Å². The molecule has 0 aromatic rings. The molecule has 26 heavy (non-hydrogen) atoms. The summed E-state index contributed by atoms with van der Waals surface area (Å²) in [7, 11) is 0. The molecule has 3 amide bonds. The van der Waals surface area contributed by atoms with Gasteiger partial charge in [-0.25, -0.2) is 4.79 Å². The van der Waals surface area contributed by atoms with E-state index in [2.05, 4.69) is 11.8 Å². The Balaban J connectivity index is 1.74. The molecule has 2 aliphatic heterocycles. The van der Waals surface area contributed by atoms with Crippen LogP contribution in [0.15, 0.2) is 0 Å². The molecule has 2 heterocycles. The lowest BCUT2D eigenvalue weighted by Crippen LogP contribution is -2.68. The Morgan fingerprint density at radius 3 is 2.46 bits per heavy atom. The molecule has 0 spiro atoms. The first kappa shape index (κ1) is 20.0. The van der Waals surface area contributed by atoms with Crippen LogP contribution in [-0.4, -0.2) is 84.0 Å². The third kappa shape index (κ3) is 4.85. The molecule has 0 aliphatic carbocycles. The van der Waals surface area contributed by atoms with Gasteiger partial charge in [0.15, 0.2) is 6.04 Å². The van der Waals surface area contributed by atoms with Gasteiger partial charge in [-0.2, -0.15) is 5.26 Å².